The Morgan fingerprint density at radius 1 is 1.43 bits per heavy atom. The zero-order valence-corrected chi connectivity index (χ0v) is 13.7. The standard InChI is InChI=1S/C15H20N2O3S/c1-9-6-10(17(5)16-9)8-20-11-7-12(15(2,3)4)21-13(11)14(18)19/h6-7H,8H2,1-5H3,(H,18,19). The third kappa shape index (κ3) is 3.44. The van der Waals surface area contributed by atoms with E-state index in [1.807, 2.05) is 26.1 Å². The molecule has 0 atom stereocenters. The highest BCUT2D eigenvalue weighted by Gasteiger charge is 2.23. The lowest BCUT2D eigenvalue weighted by atomic mass is 9.95. The third-order valence-corrected chi connectivity index (χ3v) is 4.64. The number of aryl methyl sites for hydroxylation is 2. The number of rotatable bonds is 4. The van der Waals surface area contributed by atoms with Crippen LogP contribution in [0.3, 0.4) is 0 Å². The lowest BCUT2D eigenvalue weighted by Crippen LogP contribution is -2.08. The number of aromatic nitrogens is 2. The molecule has 0 fully saturated rings. The fourth-order valence-corrected chi connectivity index (χ4v) is 2.95. The molecule has 6 heteroatoms. The molecule has 0 unspecified atom stereocenters. The molecule has 0 amide bonds. The second-order valence-corrected chi connectivity index (χ2v) is 7.10. The molecule has 0 aliphatic heterocycles. The monoisotopic (exact) mass is 308 g/mol. The molecule has 114 valence electrons. The van der Waals surface area contributed by atoms with Crippen molar-refractivity contribution in [2.45, 2.75) is 39.7 Å². The number of nitrogens with zero attached hydrogens (tertiary/aromatic N) is 2. The smallest absolute Gasteiger partial charge is 0.349 e. The minimum atomic E-state index is -0.952. The van der Waals surface area contributed by atoms with E-state index in [1.165, 1.54) is 11.3 Å². The SMILES string of the molecule is Cc1cc(COc2cc(C(C)(C)C)sc2C(=O)O)n(C)n1. The Labute approximate surface area is 128 Å². The number of aromatic carboxylic acids is 1. The molecule has 0 spiro atoms. The van der Waals surface area contributed by atoms with Gasteiger partial charge < -0.3 is 9.84 Å². The average molecular weight is 308 g/mol. The van der Waals surface area contributed by atoms with E-state index in [4.69, 9.17) is 4.74 Å². The lowest BCUT2D eigenvalue weighted by molar-refractivity contribution is 0.0697. The number of thiophene rings is 1. The fourth-order valence-electron chi connectivity index (χ4n) is 1.95. The molecular weight excluding hydrogens is 288 g/mol. The zero-order valence-electron chi connectivity index (χ0n) is 12.9. The van der Waals surface area contributed by atoms with Gasteiger partial charge >= 0.3 is 5.97 Å². The molecule has 0 aromatic carbocycles. The first-order chi connectivity index (χ1) is 9.68. The van der Waals surface area contributed by atoms with Gasteiger partial charge in [-0.15, -0.1) is 11.3 Å². The summed E-state index contributed by atoms with van der Waals surface area (Å²) in [7, 11) is 1.85. The van der Waals surface area contributed by atoms with E-state index >= 15 is 0 Å². The molecule has 1 N–H and O–H groups in total. The van der Waals surface area contributed by atoms with Crippen molar-refractivity contribution in [2.24, 2.45) is 7.05 Å². The number of ether oxygens (including phenoxy) is 1. The minimum absolute atomic E-state index is 0.0976. The van der Waals surface area contributed by atoms with Crippen LogP contribution in [-0.4, -0.2) is 20.9 Å². The molecular formula is C15H20N2O3S. The maximum Gasteiger partial charge on any atom is 0.349 e. The van der Waals surface area contributed by atoms with Crippen molar-refractivity contribution in [2.75, 3.05) is 0 Å². The summed E-state index contributed by atoms with van der Waals surface area (Å²) >= 11 is 1.27. The van der Waals surface area contributed by atoms with Crippen molar-refractivity contribution in [1.29, 1.82) is 0 Å². The Balaban J connectivity index is 2.25. The molecule has 2 aromatic heterocycles. The van der Waals surface area contributed by atoms with Gasteiger partial charge in [-0.25, -0.2) is 4.79 Å². The number of carboxylic acid groups (broad SMARTS) is 1. The maximum atomic E-state index is 11.4. The maximum absolute atomic E-state index is 11.4. The van der Waals surface area contributed by atoms with Gasteiger partial charge in [0.15, 0.2) is 4.88 Å². The Morgan fingerprint density at radius 3 is 2.57 bits per heavy atom. The summed E-state index contributed by atoms with van der Waals surface area (Å²) in [4.78, 5) is 12.6. The zero-order chi connectivity index (χ0) is 15.8. The number of carbonyl (C=O) groups is 1. The normalized spacial score (nSPS) is 11.7. The Kier molecular flexibility index (Phi) is 4.09. The Morgan fingerprint density at radius 2 is 2.10 bits per heavy atom. The first-order valence-electron chi connectivity index (χ1n) is 6.68. The van der Waals surface area contributed by atoms with Crippen LogP contribution in [0.4, 0.5) is 0 Å². The molecule has 5 nitrogen and oxygen atoms in total. The van der Waals surface area contributed by atoms with E-state index in [0.29, 0.717) is 12.4 Å². The van der Waals surface area contributed by atoms with Gasteiger partial charge in [-0.05, 0) is 24.5 Å². The molecule has 2 aromatic rings. The van der Waals surface area contributed by atoms with Gasteiger partial charge in [-0.2, -0.15) is 5.10 Å². The molecule has 0 saturated carbocycles. The van der Waals surface area contributed by atoms with Crippen LogP contribution in [0.1, 0.15) is 46.7 Å². The van der Waals surface area contributed by atoms with Crippen LogP contribution in [0.5, 0.6) is 5.75 Å². The van der Waals surface area contributed by atoms with Gasteiger partial charge in [0.2, 0.25) is 0 Å². The first-order valence-corrected chi connectivity index (χ1v) is 7.50. The van der Waals surface area contributed by atoms with Crippen molar-refractivity contribution < 1.29 is 14.6 Å². The summed E-state index contributed by atoms with van der Waals surface area (Å²) < 4.78 is 7.47. The quantitative estimate of drug-likeness (QED) is 0.940. The summed E-state index contributed by atoms with van der Waals surface area (Å²) in [5.74, 6) is -0.525. The van der Waals surface area contributed by atoms with Crippen LogP contribution >= 0.6 is 11.3 Å². The molecule has 2 rings (SSSR count). The Bertz CT molecular complexity index is 665. The number of carboxylic acids is 1. The van der Waals surface area contributed by atoms with E-state index < -0.39 is 5.97 Å². The Hall–Kier alpha value is -1.82. The number of hydrogen-bond acceptors (Lipinski definition) is 4. The fraction of sp³-hybridized carbons (Fsp3) is 0.467. The van der Waals surface area contributed by atoms with Crippen molar-refractivity contribution in [3.8, 4) is 5.75 Å². The van der Waals surface area contributed by atoms with Gasteiger partial charge in [0, 0.05) is 11.9 Å². The van der Waals surface area contributed by atoms with E-state index in [1.54, 1.807) is 4.68 Å². The van der Waals surface area contributed by atoms with Crippen LogP contribution in [0.25, 0.3) is 0 Å². The molecule has 0 saturated heterocycles. The van der Waals surface area contributed by atoms with Crippen molar-refractivity contribution in [1.82, 2.24) is 9.78 Å². The van der Waals surface area contributed by atoms with E-state index in [2.05, 4.69) is 25.9 Å². The van der Waals surface area contributed by atoms with Crippen molar-refractivity contribution >= 4 is 17.3 Å². The molecule has 0 bridgehead atoms. The van der Waals surface area contributed by atoms with Gasteiger partial charge in [0.05, 0.1) is 11.4 Å². The molecule has 0 radical (unpaired) electrons. The average Bonchev–Trinajstić information content (AvgIpc) is 2.89. The van der Waals surface area contributed by atoms with Gasteiger partial charge in [0.25, 0.3) is 0 Å². The predicted octanol–water partition coefficient (Wildman–Crippen LogP) is 3.36. The van der Waals surface area contributed by atoms with E-state index in [-0.39, 0.29) is 10.3 Å². The van der Waals surface area contributed by atoms with Crippen molar-refractivity contribution in [3.05, 3.63) is 33.3 Å². The molecule has 21 heavy (non-hydrogen) atoms. The third-order valence-electron chi connectivity index (χ3n) is 3.11. The topological polar surface area (TPSA) is 64.3 Å². The van der Waals surface area contributed by atoms with Gasteiger partial charge in [-0.3, -0.25) is 4.68 Å². The highest BCUT2D eigenvalue weighted by atomic mass is 32.1. The minimum Gasteiger partial charge on any atom is -0.486 e. The van der Waals surface area contributed by atoms with Crippen LogP contribution in [0.15, 0.2) is 12.1 Å². The second-order valence-electron chi connectivity index (χ2n) is 6.05. The number of hydrogen-bond donors (Lipinski definition) is 1. The highest BCUT2D eigenvalue weighted by molar-refractivity contribution is 7.14. The summed E-state index contributed by atoms with van der Waals surface area (Å²) in [6.45, 7) is 8.38. The summed E-state index contributed by atoms with van der Waals surface area (Å²) in [6.07, 6.45) is 0. The van der Waals surface area contributed by atoms with Crippen LogP contribution in [0, 0.1) is 6.92 Å². The summed E-state index contributed by atoms with van der Waals surface area (Å²) in [6, 6.07) is 3.76. The van der Waals surface area contributed by atoms with Gasteiger partial charge in [-0.1, -0.05) is 20.8 Å². The lowest BCUT2D eigenvalue weighted by Gasteiger charge is -2.14. The molecule has 0 aliphatic rings. The van der Waals surface area contributed by atoms with Crippen molar-refractivity contribution in [3.63, 3.8) is 0 Å². The van der Waals surface area contributed by atoms with E-state index in [9.17, 15) is 9.90 Å². The van der Waals surface area contributed by atoms with E-state index in [0.717, 1.165) is 16.3 Å². The van der Waals surface area contributed by atoms with Gasteiger partial charge in [0.1, 0.15) is 12.4 Å². The largest absolute Gasteiger partial charge is 0.486 e. The van der Waals surface area contributed by atoms with Crippen LogP contribution in [-0.2, 0) is 19.1 Å². The molecule has 0 aliphatic carbocycles. The molecule has 2 heterocycles. The first kappa shape index (κ1) is 15.6. The summed E-state index contributed by atoms with van der Waals surface area (Å²) in [5.41, 5.74) is 1.72. The highest BCUT2D eigenvalue weighted by Crippen LogP contribution is 2.37. The summed E-state index contributed by atoms with van der Waals surface area (Å²) in [5, 5.41) is 13.6. The second kappa shape index (κ2) is 5.52. The van der Waals surface area contributed by atoms with Crippen LogP contribution in [0.2, 0.25) is 0 Å². The van der Waals surface area contributed by atoms with Crippen LogP contribution < -0.4 is 4.74 Å². The predicted molar refractivity (Wildman–Crippen MR) is 82.3 cm³/mol.